The summed E-state index contributed by atoms with van der Waals surface area (Å²) >= 11 is 0. The van der Waals surface area contributed by atoms with Crippen molar-refractivity contribution in [2.24, 2.45) is 5.41 Å². The van der Waals surface area contributed by atoms with Gasteiger partial charge in [-0.15, -0.1) is 0 Å². The molecule has 2 aliphatic heterocycles. The number of Topliss-reactive ketones (excluding diaryl/α,β-unsaturated/α-hetero) is 1. The smallest absolute Gasteiger partial charge is 0.224 e. The molecule has 3 heteroatoms. The van der Waals surface area contributed by atoms with Gasteiger partial charge in [-0.05, 0) is 25.5 Å². The summed E-state index contributed by atoms with van der Waals surface area (Å²) in [5, 5.41) is 0. The van der Waals surface area contributed by atoms with E-state index in [0.29, 0.717) is 12.2 Å². The van der Waals surface area contributed by atoms with Gasteiger partial charge in [0.1, 0.15) is 17.0 Å². The summed E-state index contributed by atoms with van der Waals surface area (Å²) in [5.41, 5.74) is 0.664. The lowest BCUT2D eigenvalue weighted by Gasteiger charge is -2.33. The second kappa shape index (κ2) is 5.30. The lowest BCUT2D eigenvalue weighted by atomic mass is 9.72. The van der Waals surface area contributed by atoms with Gasteiger partial charge in [0.15, 0.2) is 0 Å². The highest BCUT2D eigenvalue weighted by atomic mass is 16.7. The van der Waals surface area contributed by atoms with Gasteiger partial charge >= 0.3 is 0 Å². The minimum absolute atomic E-state index is 0.0700. The van der Waals surface area contributed by atoms with Crippen LogP contribution in [-0.2, 0) is 19.9 Å². The number of ether oxygens (including phenoxy) is 2. The minimum Gasteiger partial charge on any atom is -0.461 e. The number of carbonyl (C=O) groups excluding carboxylic acids is 1. The first-order valence-corrected chi connectivity index (χ1v) is 8.63. The monoisotopic (exact) mass is 334 g/mol. The maximum Gasteiger partial charge on any atom is 0.224 e. The summed E-state index contributed by atoms with van der Waals surface area (Å²) in [7, 11) is 0. The number of hydrogen-bond acceptors (Lipinski definition) is 3. The van der Waals surface area contributed by atoms with Crippen LogP contribution in [0.1, 0.15) is 38.3 Å². The molecule has 2 aromatic rings. The van der Waals surface area contributed by atoms with Gasteiger partial charge in [0.05, 0.1) is 5.60 Å². The first kappa shape index (κ1) is 16.1. The number of ketones is 1. The van der Waals surface area contributed by atoms with Crippen molar-refractivity contribution >= 4 is 11.5 Å². The lowest BCUT2D eigenvalue weighted by Crippen LogP contribution is -2.44. The topological polar surface area (TPSA) is 35.5 Å². The Morgan fingerprint density at radius 2 is 1.56 bits per heavy atom. The van der Waals surface area contributed by atoms with E-state index in [1.54, 1.807) is 6.92 Å². The molecule has 4 rings (SSSR count). The van der Waals surface area contributed by atoms with Gasteiger partial charge < -0.3 is 9.47 Å². The van der Waals surface area contributed by atoms with Gasteiger partial charge in [-0.25, -0.2) is 0 Å². The van der Waals surface area contributed by atoms with Gasteiger partial charge in [-0.3, -0.25) is 4.79 Å². The molecule has 128 valence electrons. The molecule has 1 fully saturated rings. The SMILES string of the molecule is CC(=O)[C@]12C=C(c3ccccc3)O[C@@]1(C)OC(C)(c1ccccc1)C2. The molecule has 2 aromatic carbocycles. The average Bonchev–Trinajstić information content (AvgIpc) is 3.01. The highest BCUT2D eigenvalue weighted by Crippen LogP contribution is 2.62. The Morgan fingerprint density at radius 1 is 0.960 bits per heavy atom. The maximum atomic E-state index is 12.7. The van der Waals surface area contributed by atoms with Crippen LogP contribution in [0.4, 0.5) is 0 Å². The maximum absolute atomic E-state index is 12.7. The average molecular weight is 334 g/mol. The fraction of sp³-hybridized carbons (Fsp3) is 0.318. The molecule has 25 heavy (non-hydrogen) atoms. The van der Waals surface area contributed by atoms with E-state index in [2.05, 4.69) is 0 Å². The summed E-state index contributed by atoms with van der Waals surface area (Å²) in [6, 6.07) is 19.9. The number of carbonyl (C=O) groups is 1. The largest absolute Gasteiger partial charge is 0.461 e. The van der Waals surface area contributed by atoms with E-state index < -0.39 is 16.8 Å². The second-order valence-corrected chi connectivity index (χ2v) is 7.33. The van der Waals surface area contributed by atoms with Crippen LogP contribution in [0.3, 0.4) is 0 Å². The molecule has 0 radical (unpaired) electrons. The molecule has 0 bridgehead atoms. The molecule has 0 aliphatic carbocycles. The van der Waals surface area contributed by atoms with Crippen molar-refractivity contribution in [1.82, 2.24) is 0 Å². The zero-order chi connectivity index (χ0) is 17.7. The van der Waals surface area contributed by atoms with Crippen LogP contribution in [-0.4, -0.2) is 11.6 Å². The molecular weight excluding hydrogens is 312 g/mol. The van der Waals surface area contributed by atoms with E-state index >= 15 is 0 Å². The summed E-state index contributed by atoms with van der Waals surface area (Å²) in [4.78, 5) is 12.7. The van der Waals surface area contributed by atoms with Gasteiger partial charge in [-0.2, -0.15) is 0 Å². The Labute approximate surface area is 148 Å². The third kappa shape index (κ3) is 2.26. The molecule has 0 saturated carbocycles. The van der Waals surface area contributed by atoms with Crippen molar-refractivity contribution in [3.05, 3.63) is 77.9 Å². The molecule has 0 amide bonds. The van der Waals surface area contributed by atoms with Crippen molar-refractivity contribution in [2.75, 3.05) is 0 Å². The van der Waals surface area contributed by atoms with Crippen molar-refractivity contribution in [3.8, 4) is 0 Å². The molecule has 3 atom stereocenters. The van der Waals surface area contributed by atoms with E-state index in [1.807, 2.05) is 80.6 Å². The zero-order valence-electron chi connectivity index (χ0n) is 14.8. The Kier molecular flexibility index (Phi) is 3.41. The van der Waals surface area contributed by atoms with Crippen molar-refractivity contribution in [2.45, 2.75) is 38.6 Å². The number of hydrogen-bond donors (Lipinski definition) is 0. The van der Waals surface area contributed by atoms with Crippen LogP contribution in [0, 0.1) is 5.41 Å². The summed E-state index contributed by atoms with van der Waals surface area (Å²) in [5.74, 6) is -0.219. The Hall–Kier alpha value is -2.39. The van der Waals surface area contributed by atoms with E-state index in [9.17, 15) is 4.79 Å². The normalized spacial score (nSPS) is 33.5. The van der Waals surface area contributed by atoms with Gasteiger partial charge in [0, 0.05) is 18.9 Å². The predicted octanol–water partition coefficient (Wildman–Crippen LogP) is 4.69. The Bertz CT molecular complexity index is 842. The molecular formula is C22H22O3. The van der Waals surface area contributed by atoms with E-state index in [4.69, 9.17) is 9.47 Å². The summed E-state index contributed by atoms with van der Waals surface area (Å²) in [6.45, 7) is 5.55. The highest BCUT2D eigenvalue weighted by Gasteiger charge is 2.68. The molecule has 0 N–H and O–H groups in total. The fourth-order valence-electron chi connectivity index (χ4n) is 4.25. The number of rotatable bonds is 3. The standard InChI is InChI=1S/C22H22O3/c1-16(23)22-14-19(17-10-6-4-7-11-17)24-21(22,3)25-20(2,15-22)18-12-8-5-9-13-18/h4-14H,15H2,1-3H3/t20?,21-,22+/m0/s1. The van der Waals surface area contributed by atoms with Gasteiger partial charge in [0.25, 0.3) is 0 Å². The van der Waals surface area contributed by atoms with Crippen LogP contribution in [0.15, 0.2) is 66.7 Å². The molecule has 3 nitrogen and oxygen atoms in total. The van der Waals surface area contributed by atoms with Gasteiger partial charge in [0.2, 0.25) is 5.79 Å². The summed E-state index contributed by atoms with van der Waals surface area (Å²) in [6.07, 6.45) is 2.53. The van der Waals surface area contributed by atoms with Crippen molar-refractivity contribution in [3.63, 3.8) is 0 Å². The summed E-state index contributed by atoms with van der Waals surface area (Å²) < 4.78 is 12.7. The zero-order valence-corrected chi connectivity index (χ0v) is 14.8. The van der Waals surface area contributed by atoms with Crippen molar-refractivity contribution in [1.29, 1.82) is 0 Å². The number of fused-ring (bicyclic) bond motifs is 1. The Morgan fingerprint density at radius 3 is 2.12 bits per heavy atom. The molecule has 0 aromatic heterocycles. The lowest BCUT2D eigenvalue weighted by molar-refractivity contribution is -0.223. The fourth-order valence-corrected chi connectivity index (χ4v) is 4.25. The van der Waals surface area contributed by atoms with Crippen LogP contribution in [0.2, 0.25) is 0 Å². The molecule has 1 unspecified atom stereocenters. The highest BCUT2D eigenvalue weighted by molar-refractivity contribution is 5.89. The quantitative estimate of drug-likeness (QED) is 0.817. The first-order valence-electron chi connectivity index (χ1n) is 8.63. The second-order valence-electron chi connectivity index (χ2n) is 7.33. The van der Waals surface area contributed by atoms with E-state index in [0.717, 1.165) is 11.1 Å². The van der Waals surface area contributed by atoms with E-state index in [1.165, 1.54) is 0 Å². The number of benzene rings is 2. The Balaban J connectivity index is 1.80. The molecule has 2 aliphatic rings. The van der Waals surface area contributed by atoms with Crippen LogP contribution < -0.4 is 0 Å². The third-order valence-electron chi connectivity index (χ3n) is 5.60. The van der Waals surface area contributed by atoms with Crippen molar-refractivity contribution < 1.29 is 14.3 Å². The van der Waals surface area contributed by atoms with Gasteiger partial charge in [-0.1, -0.05) is 60.7 Å². The third-order valence-corrected chi connectivity index (χ3v) is 5.60. The van der Waals surface area contributed by atoms with Crippen LogP contribution in [0.5, 0.6) is 0 Å². The molecule has 1 saturated heterocycles. The van der Waals surface area contributed by atoms with Crippen LogP contribution >= 0.6 is 0 Å². The van der Waals surface area contributed by atoms with E-state index in [-0.39, 0.29) is 5.78 Å². The predicted molar refractivity (Wildman–Crippen MR) is 96.5 cm³/mol. The molecule has 0 spiro atoms. The minimum atomic E-state index is -1.01. The van der Waals surface area contributed by atoms with Crippen LogP contribution in [0.25, 0.3) is 5.76 Å². The molecule has 2 heterocycles. The first-order chi connectivity index (χ1) is 11.9.